The first-order chi connectivity index (χ1) is 13.6. The summed E-state index contributed by atoms with van der Waals surface area (Å²) in [5, 5.41) is 3.85. The van der Waals surface area contributed by atoms with Gasteiger partial charge >= 0.3 is 0 Å². The van der Waals surface area contributed by atoms with Crippen molar-refractivity contribution in [3.8, 4) is 5.75 Å². The van der Waals surface area contributed by atoms with Crippen molar-refractivity contribution in [1.82, 2.24) is 14.9 Å². The number of halogens is 1. The number of anilines is 2. The average Bonchev–Trinajstić information content (AvgIpc) is 2.70. The van der Waals surface area contributed by atoms with Gasteiger partial charge in [-0.1, -0.05) is 24.3 Å². The zero-order valence-corrected chi connectivity index (χ0v) is 16.2. The molecular formula is C22H25FN4O. The first-order valence-corrected chi connectivity index (χ1v) is 9.78. The second kappa shape index (κ2) is 8.10. The molecule has 0 amide bonds. The van der Waals surface area contributed by atoms with Gasteiger partial charge in [-0.3, -0.25) is 0 Å². The highest BCUT2D eigenvalue weighted by atomic mass is 19.1. The van der Waals surface area contributed by atoms with Crippen molar-refractivity contribution in [3.05, 3.63) is 54.5 Å². The molecule has 0 bridgehead atoms. The average molecular weight is 380 g/mol. The normalized spacial score (nSPS) is 15.9. The minimum atomic E-state index is -0.340. The number of piperidine rings is 1. The Balaban J connectivity index is 1.55. The van der Waals surface area contributed by atoms with Gasteiger partial charge in [0.25, 0.3) is 0 Å². The topological polar surface area (TPSA) is 50.3 Å². The fraction of sp³-hybridized carbons (Fsp3) is 0.364. The van der Waals surface area contributed by atoms with Crippen molar-refractivity contribution in [2.24, 2.45) is 0 Å². The largest absolute Gasteiger partial charge is 0.488 e. The van der Waals surface area contributed by atoms with Gasteiger partial charge < -0.3 is 15.0 Å². The molecule has 3 aromatic rings. The third-order valence-electron chi connectivity index (χ3n) is 5.19. The Labute approximate surface area is 164 Å². The van der Waals surface area contributed by atoms with E-state index < -0.39 is 0 Å². The molecule has 2 aromatic carbocycles. The van der Waals surface area contributed by atoms with Crippen molar-refractivity contribution >= 4 is 22.5 Å². The molecule has 28 heavy (non-hydrogen) atoms. The predicted molar refractivity (Wildman–Crippen MR) is 110 cm³/mol. The lowest BCUT2D eigenvalue weighted by Crippen LogP contribution is -2.41. The summed E-state index contributed by atoms with van der Waals surface area (Å²) in [6.07, 6.45) is 3.92. The molecule has 146 valence electrons. The van der Waals surface area contributed by atoms with Crippen LogP contribution in [0.5, 0.6) is 5.75 Å². The van der Waals surface area contributed by atoms with Gasteiger partial charge in [0.05, 0.1) is 5.69 Å². The molecule has 1 aliphatic heterocycles. The second-order valence-corrected chi connectivity index (χ2v) is 7.44. The number of ether oxygens (including phenoxy) is 1. The Hall–Kier alpha value is -2.73. The Morgan fingerprint density at radius 3 is 2.64 bits per heavy atom. The molecule has 2 heterocycles. The Kier molecular flexibility index (Phi) is 5.39. The van der Waals surface area contributed by atoms with Crippen LogP contribution < -0.4 is 10.1 Å². The van der Waals surface area contributed by atoms with Gasteiger partial charge in [0.2, 0.25) is 5.95 Å². The smallest absolute Gasteiger partial charge is 0.227 e. The van der Waals surface area contributed by atoms with Gasteiger partial charge in [-0.05, 0) is 44.9 Å². The number of nitrogens with one attached hydrogen (secondary N) is 1. The number of aromatic nitrogens is 2. The molecule has 1 saturated heterocycles. The van der Waals surface area contributed by atoms with Crippen LogP contribution in [0.3, 0.4) is 0 Å². The minimum Gasteiger partial charge on any atom is -0.488 e. The first-order valence-electron chi connectivity index (χ1n) is 9.78. The monoisotopic (exact) mass is 380 g/mol. The van der Waals surface area contributed by atoms with Crippen LogP contribution in [0, 0.1) is 5.82 Å². The Morgan fingerprint density at radius 1 is 1.11 bits per heavy atom. The fourth-order valence-electron chi connectivity index (χ4n) is 3.56. The Morgan fingerprint density at radius 2 is 1.89 bits per heavy atom. The maximum atomic E-state index is 13.9. The number of benzene rings is 2. The van der Waals surface area contributed by atoms with Crippen molar-refractivity contribution in [2.75, 3.05) is 18.4 Å². The number of nitrogens with zero attached hydrogens (tertiary/aromatic N) is 3. The van der Waals surface area contributed by atoms with E-state index in [1.807, 2.05) is 18.2 Å². The van der Waals surface area contributed by atoms with E-state index in [-0.39, 0.29) is 11.9 Å². The Bertz CT molecular complexity index is 954. The molecule has 0 saturated carbocycles. The van der Waals surface area contributed by atoms with Crippen LogP contribution in [-0.4, -0.2) is 40.1 Å². The lowest BCUT2D eigenvalue weighted by Gasteiger charge is -2.34. The third-order valence-corrected chi connectivity index (χ3v) is 5.19. The van der Waals surface area contributed by atoms with Gasteiger partial charge in [0, 0.05) is 30.7 Å². The molecule has 0 radical (unpaired) electrons. The molecule has 1 aliphatic rings. The number of rotatable bonds is 5. The molecule has 4 rings (SSSR count). The standard InChI is InChI=1S/C22H25FN4O/c1-15(2)27-12-10-17(11-13-27)28-20-9-5-6-16-14-24-22(26-21(16)20)25-19-8-4-3-7-18(19)23/h3-9,14-15,17H,10-13H2,1-2H3,(H,24,25,26). The maximum Gasteiger partial charge on any atom is 0.227 e. The van der Waals surface area contributed by atoms with Crippen molar-refractivity contribution in [3.63, 3.8) is 0 Å². The molecule has 1 fully saturated rings. The molecule has 0 unspecified atom stereocenters. The van der Waals surface area contributed by atoms with E-state index in [0.29, 0.717) is 17.7 Å². The quantitative estimate of drug-likeness (QED) is 0.691. The van der Waals surface area contributed by atoms with E-state index in [2.05, 4.69) is 34.0 Å². The van der Waals surface area contributed by atoms with Gasteiger partial charge in [-0.25, -0.2) is 14.4 Å². The number of hydrogen-bond donors (Lipinski definition) is 1. The van der Waals surface area contributed by atoms with Gasteiger partial charge in [-0.15, -0.1) is 0 Å². The highest BCUT2D eigenvalue weighted by Crippen LogP contribution is 2.28. The lowest BCUT2D eigenvalue weighted by atomic mass is 10.1. The molecule has 1 aromatic heterocycles. The molecule has 0 atom stereocenters. The SMILES string of the molecule is CC(C)N1CCC(Oc2cccc3cnc(Nc4ccccc4F)nc23)CC1. The van der Waals surface area contributed by atoms with E-state index in [9.17, 15) is 4.39 Å². The second-order valence-electron chi connectivity index (χ2n) is 7.44. The predicted octanol–water partition coefficient (Wildman–Crippen LogP) is 4.76. The van der Waals surface area contributed by atoms with Gasteiger partial charge in [-0.2, -0.15) is 0 Å². The van der Waals surface area contributed by atoms with Crippen molar-refractivity contribution in [2.45, 2.75) is 38.8 Å². The van der Waals surface area contributed by atoms with Crippen LogP contribution in [0.4, 0.5) is 16.0 Å². The summed E-state index contributed by atoms with van der Waals surface area (Å²) < 4.78 is 20.2. The lowest BCUT2D eigenvalue weighted by molar-refractivity contribution is 0.0852. The van der Waals surface area contributed by atoms with Crippen LogP contribution >= 0.6 is 0 Å². The highest BCUT2D eigenvalue weighted by molar-refractivity contribution is 5.85. The van der Waals surface area contributed by atoms with Crippen LogP contribution in [0.2, 0.25) is 0 Å². The highest BCUT2D eigenvalue weighted by Gasteiger charge is 2.22. The molecule has 1 N–H and O–H groups in total. The van der Waals surface area contributed by atoms with Crippen LogP contribution in [0.1, 0.15) is 26.7 Å². The van der Waals surface area contributed by atoms with E-state index in [4.69, 9.17) is 4.74 Å². The summed E-state index contributed by atoms with van der Waals surface area (Å²) >= 11 is 0. The zero-order chi connectivity index (χ0) is 19.5. The first kappa shape index (κ1) is 18.6. The third kappa shape index (κ3) is 4.07. The molecule has 6 heteroatoms. The summed E-state index contributed by atoms with van der Waals surface area (Å²) in [5.74, 6) is 0.760. The molecule has 5 nitrogen and oxygen atoms in total. The molecule has 0 aliphatic carbocycles. The van der Waals surface area contributed by atoms with Gasteiger partial charge in [0.15, 0.2) is 0 Å². The number of fused-ring (bicyclic) bond motifs is 1. The molecular weight excluding hydrogens is 355 g/mol. The van der Waals surface area contributed by atoms with Crippen LogP contribution in [0.25, 0.3) is 10.9 Å². The number of para-hydroxylation sites is 2. The summed E-state index contributed by atoms with van der Waals surface area (Å²) in [6.45, 7) is 6.55. The minimum absolute atomic E-state index is 0.179. The summed E-state index contributed by atoms with van der Waals surface area (Å²) in [4.78, 5) is 11.4. The van der Waals surface area contributed by atoms with E-state index in [1.54, 1.807) is 24.4 Å². The van der Waals surface area contributed by atoms with Crippen molar-refractivity contribution < 1.29 is 9.13 Å². The van der Waals surface area contributed by atoms with Gasteiger partial charge in [0.1, 0.15) is 23.2 Å². The maximum absolute atomic E-state index is 13.9. The fourth-order valence-corrected chi connectivity index (χ4v) is 3.56. The summed E-state index contributed by atoms with van der Waals surface area (Å²) in [6, 6.07) is 12.9. The summed E-state index contributed by atoms with van der Waals surface area (Å²) in [5.41, 5.74) is 1.09. The van der Waals surface area contributed by atoms with Crippen LogP contribution in [-0.2, 0) is 0 Å². The molecule has 0 spiro atoms. The number of likely N-dealkylation sites (tertiary alicyclic amines) is 1. The van der Waals surface area contributed by atoms with Crippen LogP contribution in [0.15, 0.2) is 48.7 Å². The zero-order valence-electron chi connectivity index (χ0n) is 16.2. The van der Waals surface area contributed by atoms with Crippen molar-refractivity contribution in [1.29, 1.82) is 0 Å². The summed E-state index contributed by atoms with van der Waals surface area (Å²) in [7, 11) is 0. The van der Waals surface area contributed by atoms with E-state index in [0.717, 1.165) is 42.6 Å². The van der Waals surface area contributed by atoms with E-state index >= 15 is 0 Å². The van der Waals surface area contributed by atoms with E-state index in [1.165, 1.54) is 6.07 Å². The number of hydrogen-bond acceptors (Lipinski definition) is 5.